The van der Waals surface area contributed by atoms with Crippen molar-refractivity contribution in [1.82, 2.24) is 19.9 Å². The fraction of sp³-hybridized carbons (Fsp3) is 0.474. The number of rotatable bonds is 4. The fourth-order valence-corrected chi connectivity index (χ4v) is 2.75. The molecule has 0 bridgehead atoms. The Morgan fingerprint density at radius 1 is 1.03 bits per heavy atom. The van der Waals surface area contributed by atoms with Crippen molar-refractivity contribution in [1.29, 1.82) is 0 Å². The van der Waals surface area contributed by atoms with Crippen LogP contribution < -0.4 is 9.64 Å². The van der Waals surface area contributed by atoms with Gasteiger partial charge in [0.05, 0.1) is 25.2 Å². The molecule has 3 heterocycles. The van der Waals surface area contributed by atoms with Crippen molar-refractivity contribution >= 4 is 12.1 Å². The van der Waals surface area contributed by atoms with E-state index >= 15 is 0 Å². The van der Waals surface area contributed by atoms with Crippen LogP contribution in [0.25, 0.3) is 11.3 Å². The lowest BCUT2D eigenvalue weighted by Gasteiger charge is -2.37. The molecule has 7 nitrogen and oxygen atoms in total. The van der Waals surface area contributed by atoms with E-state index in [1.807, 2.05) is 24.5 Å². The van der Waals surface area contributed by atoms with E-state index < -0.39 is 12.5 Å². The minimum atomic E-state index is -4.64. The zero-order valence-corrected chi connectivity index (χ0v) is 16.6. The van der Waals surface area contributed by atoms with Crippen molar-refractivity contribution in [2.45, 2.75) is 26.1 Å². The molecule has 1 aliphatic rings. The Bertz CT molecular complexity index is 759. The number of aldehydes is 1. The van der Waals surface area contributed by atoms with Gasteiger partial charge in [-0.05, 0) is 19.9 Å². The molecule has 0 unspecified atom stereocenters. The van der Waals surface area contributed by atoms with Gasteiger partial charge in [-0.25, -0.2) is 9.97 Å². The van der Waals surface area contributed by atoms with E-state index in [2.05, 4.69) is 38.6 Å². The number of hydrogen-bond donors (Lipinski definition) is 0. The van der Waals surface area contributed by atoms with Gasteiger partial charge in [0, 0.05) is 50.0 Å². The number of pyridine rings is 1. The van der Waals surface area contributed by atoms with Crippen LogP contribution in [-0.4, -0.2) is 71.6 Å². The molecule has 2 aromatic heterocycles. The van der Waals surface area contributed by atoms with E-state index in [0.29, 0.717) is 11.9 Å². The lowest BCUT2D eigenvalue weighted by Crippen LogP contribution is -2.49. The number of carbonyl (C=O) groups is 1. The third kappa shape index (κ3) is 6.97. The first-order valence-electron chi connectivity index (χ1n) is 9.08. The lowest BCUT2D eigenvalue weighted by molar-refractivity contribution is -0.156. The Hall–Kier alpha value is -2.75. The van der Waals surface area contributed by atoms with Crippen LogP contribution in [-0.2, 0) is 4.79 Å². The third-order valence-corrected chi connectivity index (χ3v) is 4.38. The average Bonchev–Trinajstić information content (AvgIpc) is 2.74. The van der Waals surface area contributed by atoms with Crippen molar-refractivity contribution in [2.24, 2.45) is 0 Å². The number of nitrogens with zero attached hydrogens (tertiary/aromatic N) is 5. The number of alkyl halides is 3. The van der Waals surface area contributed by atoms with Crippen LogP contribution in [0.15, 0.2) is 30.7 Å². The smallest absolute Gasteiger partial charge is 0.446 e. The van der Waals surface area contributed by atoms with Crippen LogP contribution in [0.1, 0.15) is 13.8 Å². The highest BCUT2D eigenvalue weighted by Crippen LogP contribution is 2.20. The predicted octanol–water partition coefficient (Wildman–Crippen LogP) is 2.83. The molecule has 10 heteroatoms. The molecule has 1 saturated heterocycles. The van der Waals surface area contributed by atoms with Crippen LogP contribution >= 0.6 is 0 Å². The number of methoxy groups -OCH3 is 1. The second-order valence-corrected chi connectivity index (χ2v) is 6.63. The summed E-state index contributed by atoms with van der Waals surface area (Å²) in [6.45, 7) is 8.62. The Morgan fingerprint density at radius 2 is 1.69 bits per heavy atom. The molecule has 158 valence electrons. The van der Waals surface area contributed by atoms with E-state index in [9.17, 15) is 13.2 Å². The van der Waals surface area contributed by atoms with Crippen molar-refractivity contribution in [2.75, 3.05) is 38.2 Å². The molecule has 0 atom stereocenters. The van der Waals surface area contributed by atoms with Gasteiger partial charge in [0.25, 0.3) is 0 Å². The lowest BCUT2D eigenvalue weighted by atomic mass is 10.2. The number of piperazine rings is 1. The van der Waals surface area contributed by atoms with Crippen LogP contribution in [0.4, 0.5) is 19.0 Å². The second kappa shape index (κ2) is 10.1. The van der Waals surface area contributed by atoms with Crippen molar-refractivity contribution in [3.8, 4) is 17.1 Å². The largest absolute Gasteiger partial charge is 0.481 e. The molecular formula is C19H24F3N5O2. The van der Waals surface area contributed by atoms with E-state index in [4.69, 9.17) is 9.53 Å². The normalized spacial score (nSPS) is 14.9. The zero-order chi connectivity index (χ0) is 21.4. The average molecular weight is 411 g/mol. The molecule has 1 aliphatic heterocycles. The summed E-state index contributed by atoms with van der Waals surface area (Å²) in [5, 5.41) is 0. The van der Waals surface area contributed by atoms with Gasteiger partial charge < -0.3 is 9.64 Å². The second-order valence-electron chi connectivity index (χ2n) is 6.63. The summed E-state index contributed by atoms with van der Waals surface area (Å²) in [7, 11) is 1.61. The molecule has 2 aromatic rings. The maximum atomic E-state index is 10.4. The Morgan fingerprint density at radius 3 is 2.10 bits per heavy atom. The van der Waals surface area contributed by atoms with Crippen LogP contribution in [0.5, 0.6) is 5.88 Å². The number of hydrogen-bond acceptors (Lipinski definition) is 7. The first-order valence-corrected chi connectivity index (χ1v) is 9.08. The molecule has 3 rings (SSSR count). The summed E-state index contributed by atoms with van der Waals surface area (Å²) >= 11 is 0. The monoisotopic (exact) mass is 411 g/mol. The minimum Gasteiger partial charge on any atom is -0.481 e. The van der Waals surface area contributed by atoms with Crippen LogP contribution in [0.2, 0.25) is 0 Å². The van der Waals surface area contributed by atoms with Gasteiger partial charge in [0.15, 0.2) is 0 Å². The summed E-state index contributed by atoms with van der Waals surface area (Å²) < 4.78 is 36.3. The number of aromatic nitrogens is 3. The van der Waals surface area contributed by atoms with Gasteiger partial charge in [-0.3, -0.25) is 14.7 Å². The molecule has 0 radical (unpaired) electrons. The minimum absolute atomic E-state index is 0.598. The van der Waals surface area contributed by atoms with E-state index in [0.717, 1.165) is 43.3 Å². The SMILES string of the molecule is COc1ccc(-c2cnc(N3CCN(C(C)C)CC3)cn2)cn1.O=CC(F)(F)F. The summed E-state index contributed by atoms with van der Waals surface area (Å²) in [5.41, 5.74) is 1.76. The molecule has 0 aromatic carbocycles. The van der Waals surface area contributed by atoms with Gasteiger partial charge in [-0.1, -0.05) is 0 Å². The molecular weight excluding hydrogens is 387 g/mol. The van der Waals surface area contributed by atoms with E-state index in [-0.39, 0.29) is 0 Å². The maximum absolute atomic E-state index is 10.4. The predicted molar refractivity (Wildman–Crippen MR) is 103 cm³/mol. The molecule has 1 fully saturated rings. The summed E-state index contributed by atoms with van der Waals surface area (Å²) in [6.07, 6.45) is -0.283. The van der Waals surface area contributed by atoms with Gasteiger partial charge in [0.1, 0.15) is 5.82 Å². The third-order valence-electron chi connectivity index (χ3n) is 4.38. The van der Waals surface area contributed by atoms with Gasteiger partial charge in [-0.15, -0.1) is 0 Å². The van der Waals surface area contributed by atoms with Crippen molar-refractivity contribution < 1.29 is 22.7 Å². The van der Waals surface area contributed by atoms with Crippen molar-refractivity contribution in [3.05, 3.63) is 30.7 Å². The molecule has 0 amide bonds. The Labute approximate surface area is 167 Å². The summed E-state index contributed by atoms with van der Waals surface area (Å²) in [6, 6.07) is 4.38. The van der Waals surface area contributed by atoms with Gasteiger partial charge in [0.2, 0.25) is 12.2 Å². The molecule has 0 saturated carbocycles. The Kier molecular flexibility index (Phi) is 7.89. The van der Waals surface area contributed by atoms with Gasteiger partial charge >= 0.3 is 6.18 Å². The fourth-order valence-electron chi connectivity index (χ4n) is 2.75. The van der Waals surface area contributed by atoms with Gasteiger partial charge in [-0.2, -0.15) is 13.2 Å². The quantitative estimate of drug-likeness (QED) is 0.717. The standard InChI is InChI=1S/C17H23N5O.C2HF3O/c1-13(2)21-6-8-22(9-7-21)16-12-18-15(11-19-16)14-4-5-17(23-3)20-10-14;3-2(4,5)1-6/h4-5,10-13H,6-9H2,1-3H3;1H. The maximum Gasteiger partial charge on any atom is 0.446 e. The topological polar surface area (TPSA) is 71.5 Å². The number of carbonyl (C=O) groups excluding carboxylic acids is 1. The zero-order valence-electron chi connectivity index (χ0n) is 16.6. The first-order chi connectivity index (χ1) is 13.7. The molecule has 0 aliphatic carbocycles. The van der Waals surface area contributed by atoms with Crippen LogP contribution in [0.3, 0.4) is 0 Å². The van der Waals surface area contributed by atoms with Crippen molar-refractivity contribution in [3.63, 3.8) is 0 Å². The van der Waals surface area contributed by atoms with E-state index in [1.165, 1.54) is 0 Å². The van der Waals surface area contributed by atoms with Crippen LogP contribution in [0, 0.1) is 0 Å². The number of anilines is 1. The highest BCUT2D eigenvalue weighted by molar-refractivity contribution is 5.58. The highest BCUT2D eigenvalue weighted by atomic mass is 19.4. The molecule has 0 N–H and O–H groups in total. The van der Waals surface area contributed by atoms with E-state index in [1.54, 1.807) is 13.3 Å². The Balaban J connectivity index is 0.000000438. The first kappa shape index (κ1) is 22.5. The molecule has 29 heavy (non-hydrogen) atoms. The summed E-state index contributed by atoms with van der Waals surface area (Å²) in [5.74, 6) is 1.54. The highest BCUT2D eigenvalue weighted by Gasteiger charge is 2.25. The number of halogens is 3. The molecule has 0 spiro atoms. The summed E-state index contributed by atoms with van der Waals surface area (Å²) in [4.78, 5) is 26.8. The number of ether oxygens (including phenoxy) is 1.